The summed E-state index contributed by atoms with van der Waals surface area (Å²) in [5.74, 6) is 2.47. The number of phosphoric acid groups is 1. The molecule has 0 rings (SSSR count). The quantitative estimate of drug-likeness (QED) is 0.488. The Morgan fingerprint density at radius 2 is 1.64 bits per heavy atom. The molecule has 14 heavy (non-hydrogen) atoms. The van der Waals surface area contributed by atoms with Crippen LogP contribution in [0.4, 0.5) is 0 Å². The fraction of sp³-hybridized carbons (Fsp3) is 0.778. The van der Waals surface area contributed by atoms with Gasteiger partial charge in [-0.3, -0.25) is 9.05 Å². The van der Waals surface area contributed by atoms with Gasteiger partial charge in [-0.1, -0.05) is 19.8 Å². The van der Waals surface area contributed by atoms with E-state index in [2.05, 4.69) is 12.0 Å². The number of hydrogen-bond donors (Lipinski definition) is 0. The van der Waals surface area contributed by atoms with E-state index in [1.54, 1.807) is 6.92 Å². The Bertz CT molecular complexity index is 229. The minimum atomic E-state index is -3.44. The van der Waals surface area contributed by atoms with E-state index in [1.165, 1.54) is 0 Å². The van der Waals surface area contributed by atoms with Crippen molar-refractivity contribution in [2.45, 2.75) is 33.6 Å². The number of rotatable bonds is 7. The highest BCUT2D eigenvalue weighted by atomic mass is 31.2. The lowest BCUT2D eigenvalue weighted by Crippen LogP contribution is -1.99. The van der Waals surface area contributed by atoms with E-state index in [0.29, 0.717) is 13.2 Å². The summed E-state index contributed by atoms with van der Waals surface area (Å²) in [4.78, 5) is 0. The van der Waals surface area contributed by atoms with Gasteiger partial charge in [0.15, 0.2) is 0 Å². The molecule has 0 spiro atoms. The van der Waals surface area contributed by atoms with Gasteiger partial charge in [0.1, 0.15) is 6.11 Å². The Morgan fingerprint density at radius 1 is 1.14 bits per heavy atom. The van der Waals surface area contributed by atoms with Crippen LogP contribution < -0.4 is 0 Å². The van der Waals surface area contributed by atoms with Gasteiger partial charge in [-0.05, 0) is 12.8 Å². The van der Waals surface area contributed by atoms with Crippen LogP contribution in [-0.4, -0.2) is 13.2 Å². The summed E-state index contributed by atoms with van der Waals surface area (Å²) in [6.07, 6.45) is 3.75. The van der Waals surface area contributed by atoms with Crippen molar-refractivity contribution in [3.8, 4) is 12.0 Å². The van der Waals surface area contributed by atoms with Gasteiger partial charge < -0.3 is 4.52 Å². The zero-order valence-corrected chi connectivity index (χ0v) is 9.80. The maximum atomic E-state index is 11.7. The molecular formula is C9H17O4P. The molecule has 0 bridgehead atoms. The molecule has 0 heterocycles. The standard InChI is InChI=1S/C9H17O4P/c1-4-7-11-14(10,12-8-5-2)13-9-6-3/h4-5,7-8H2,1-3H3. The van der Waals surface area contributed by atoms with E-state index in [9.17, 15) is 4.57 Å². The van der Waals surface area contributed by atoms with Gasteiger partial charge in [-0.15, -0.1) is 0 Å². The van der Waals surface area contributed by atoms with Gasteiger partial charge in [0.05, 0.1) is 13.2 Å². The van der Waals surface area contributed by atoms with Gasteiger partial charge in [-0.2, -0.15) is 0 Å². The van der Waals surface area contributed by atoms with E-state index in [0.717, 1.165) is 12.8 Å². The first-order chi connectivity index (χ1) is 6.68. The molecule has 5 heteroatoms. The van der Waals surface area contributed by atoms with Crippen LogP contribution >= 0.6 is 7.82 Å². The van der Waals surface area contributed by atoms with E-state index in [-0.39, 0.29) is 0 Å². The average Bonchev–Trinajstić information content (AvgIpc) is 2.21. The SMILES string of the molecule is CC#COP(=O)(OCCC)OCCC. The third-order valence-corrected chi connectivity index (χ3v) is 2.48. The Hall–Kier alpha value is -0.490. The summed E-state index contributed by atoms with van der Waals surface area (Å²) >= 11 is 0. The lowest BCUT2D eigenvalue weighted by atomic mass is 10.5. The second-order valence-corrected chi connectivity index (χ2v) is 4.15. The van der Waals surface area contributed by atoms with Crippen LogP contribution in [0.2, 0.25) is 0 Å². The highest BCUT2D eigenvalue weighted by molar-refractivity contribution is 7.48. The molecule has 0 radical (unpaired) electrons. The fourth-order valence-electron chi connectivity index (χ4n) is 0.598. The molecule has 82 valence electrons. The molecule has 0 saturated carbocycles. The zero-order valence-electron chi connectivity index (χ0n) is 8.91. The summed E-state index contributed by atoms with van der Waals surface area (Å²) < 4.78 is 26.4. The van der Waals surface area contributed by atoms with Crippen LogP contribution in [0.5, 0.6) is 0 Å². The summed E-state index contributed by atoms with van der Waals surface area (Å²) in [5, 5.41) is 0. The van der Waals surface area contributed by atoms with E-state index in [4.69, 9.17) is 13.6 Å². The topological polar surface area (TPSA) is 44.8 Å². The molecule has 0 aliphatic carbocycles. The molecule has 0 fully saturated rings. The molecule has 4 nitrogen and oxygen atoms in total. The van der Waals surface area contributed by atoms with Crippen LogP contribution in [0, 0.1) is 12.0 Å². The molecule has 0 atom stereocenters. The van der Waals surface area contributed by atoms with Crippen LogP contribution in [-0.2, 0) is 18.1 Å². The molecule has 0 aromatic heterocycles. The number of hydrogen-bond acceptors (Lipinski definition) is 4. The predicted molar refractivity (Wildman–Crippen MR) is 54.6 cm³/mol. The van der Waals surface area contributed by atoms with Crippen molar-refractivity contribution in [1.29, 1.82) is 0 Å². The molecule has 0 aliphatic rings. The molecule has 0 saturated heterocycles. The zero-order chi connectivity index (χ0) is 10.9. The van der Waals surface area contributed by atoms with Gasteiger partial charge in [-0.25, -0.2) is 4.57 Å². The lowest BCUT2D eigenvalue weighted by molar-refractivity contribution is 0.148. The van der Waals surface area contributed by atoms with E-state index >= 15 is 0 Å². The Morgan fingerprint density at radius 3 is 2.00 bits per heavy atom. The summed E-state index contributed by atoms with van der Waals surface area (Å²) in [6.45, 7) is 6.09. The average molecular weight is 220 g/mol. The summed E-state index contributed by atoms with van der Waals surface area (Å²) in [6, 6.07) is 0. The third kappa shape index (κ3) is 6.04. The van der Waals surface area contributed by atoms with Gasteiger partial charge in [0, 0.05) is 6.92 Å². The second kappa shape index (κ2) is 7.87. The van der Waals surface area contributed by atoms with Crippen LogP contribution in [0.25, 0.3) is 0 Å². The first kappa shape index (κ1) is 13.5. The largest absolute Gasteiger partial charge is 0.538 e. The maximum absolute atomic E-state index is 11.7. The van der Waals surface area contributed by atoms with Crippen molar-refractivity contribution in [2.75, 3.05) is 13.2 Å². The lowest BCUT2D eigenvalue weighted by Gasteiger charge is -2.13. The first-order valence-corrected chi connectivity index (χ1v) is 6.14. The molecule has 0 aliphatic heterocycles. The van der Waals surface area contributed by atoms with Gasteiger partial charge >= 0.3 is 7.82 Å². The second-order valence-electron chi connectivity index (χ2n) is 2.56. The molecular weight excluding hydrogens is 203 g/mol. The van der Waals surface area contributed by atoms with Crippen LogP contribution in [0.15, 0.2) is 0 Å². The van der Waals surface area contributed by atoms with Crippen molar-refractivity contribution in [3.63, 3.8) is 0 Å². The van der Waals surface area contributed by atoms with Crippen molar-refractivity contribution < 1.29 is 18.1 Å². The summed E-state index contributed by atoms with van der Waals surface area (Å²) in [5.41, 5.74) is 0. The van der Waals surface area contributed by atoms with Crippen molar-refractivity contribution in [1.82, 2.24) is 0 Å². The van der Waals surface area contributed by atoms with E-state index < -0.39 is 7.82 Å². The molecule has 0 aromatic rings. The monoisotopic (exact) mass is 220 g/mol. The maximum Gasteiger partial charge on any atom is 0.538 e. The normalized spacial score (nSPS) is 10.5. The van der Waals surface area contributed by atoms with Crippen LogP contribution in [0.1, 0.15) is 33.6 Å². The predicted octanol–water partition coefficient (Wildman–Crippen LogP) is 2.95. The van der Waals surface area contributed by atoms with Crippen molar-refractivity contribution in [2.24, 2.45) is 0 Å². The first-order valence-electron chi connectivity index (χ1n) is 4.68. The molecule has 0 amide bonds. The third-order valence-electron chi connectivity index (χ3n) is 1.17. The van der Waals surface area contributed by atoms with Gasteiger partial charge in [0.2, 0.25) is 0 Å². The highest BCUT2D eigenvalue weighted by Gasteiger charge is 2.26. The van der Waals surface area contributed by atoms with E-state index in [1.807, 2.05) is 13.8 Å². The smallest absolute Gasteiger partial charge is 0.350 e. The minimum absolute atomic E-state index is 0.340. The summed E-state index contributed by atoms with van der Waals surface area (Å²) in [7, 11) is -3.44. The highest BCUT2D eigenvalue weighted by Crippen LogP contribution is 2.49. The molecule has 0 unspecified atom stereocenters. The Balaban J connectivity index is 4.15. The van der Waals surface area contributed by atoms with Crippen molar-refractivity contribution >= 4 is 7.82 Å². The molecule has 0 aromatic carbocycles. The number of phosphoric ester groups is 1. The minimum Gasteiger partial charge on any atom is -0.350 e. The van der Waals surface area contributed by atoms with Crippen molar-refractivity contribution in [3.05, 3.63) is 0 Å². The Kier molecular flexibility index (Phi) is 7.60. The van der Waals surface area contributed by atoms with Gasteiger partial charge in [0.25, 0.3) is 0 Å². The Labute approximate surface area is 85.5 Å². The molecule has 0 N–H and O–H groups in total. The fourth-order valence-corrected chi connectivity index (χ4v) is 1.79. The van der Waals surface area contributed by atoms with Crippen LogP contribution in [0.3, 0.4) is 0 Å².